The first-order valence-electron chi connectivity index (χ1n) is 9.76. The monoisotopic (exact) mass is 371 g/mol. The normalized spacial score (nSPS) is 20.5. The number of benzene rings is 1. The first-order chi connectivity index (χ1) is 13.1. The Hall–Kier alpha value is -2.57. The lowest BCUT2D eigenvalue weighted by atomic mass is 10.1. The average Bonchev–Trinajstić information content (AvgIpc) is 3.11. The lowest BCUT2D eigenvalue weighted by Gasteiger charge is -2.25. The van der Waals surface area contributed by atoms with Gasteiger partial charge in [-0.2, -0.15) is 0 Å². The van der Waals surface area contributed by atoms with Crippen LogP contribution in [0.25, 0.3) is 0 Å². The number of carbonyl (C=O) groups is 3. The van der Waals surface area contributed by atoms with Gasteiger partial charge in [-0.1, -0.05) is 12.8 Å². The predicted molar refractivity (Wildman–Crippen MR) is 99.6 cm³/mol. The van der Waals surface area contributed by atoms with E-state index in [-0.39, 0.29) is 30.2 Å². The van der Waals surface area contributed by atoms with Gasteiger partial charge in [0.25, 0.3) is 11.8 Å². The van der Waals surface area contributed by atoms with Gasteiger partial charge in [0.2, 0.25) is 5.91 Å². The summed E-state index contributed by atoms with van der Waals surface area (Å²) in [6.07, 6.45) is 5.08. The number of hydrogen-bond donors (Lipinski definition) is 1. The molecule has 7 nitrogen and oxygen atoms in total. The Morgan fingerprint density at radius 1 is 1.00 bits per heavy atom. The molecule has 0 radical (unpaired) electrons. The Labute approximate surface area is 158 Å². The summed E-state index contributed by atoms with van der Waals surface area (Å²) < 4.78 is 5.34. The van der Waals surface area contributed by atoms with E-state index in [2.05, 4.69) is 5.32 Å². The van der Waals surface area contributed by atoms with Crippen molar-refractivity contribution >= 4 is 23.4 Å². The van der Waals surface area contributed by atoms with Crippen LogP contribution in [0, 0.1) is 5.92 Å². The molecule has 1 aliphatic carbocycles. The zero-order valence-electron chi connectivity index (χ0n) is 15.4. The molecule has 1 saturated heterocycles. The summed E-state index contributed by atoms with van der Waals surface area (Å²) in [4.78, 5) is 40.8. The van der Waals surface area contributed by atoms with Crippen molar-refractivity contribution in [1.82, 2.24) is 9.80 Å². The Morgan fingerprint density at radius 3 is 2.56 bits per heavy atom. The maximum absolute atomic E-state index is 12.9. The zero-order valence-corrected chi connectivity index (χ0v) is 15.4. The number of ether oxygens (including phenoxy) is 1. The third kappa shape index (κ3) is 3.77. The Bertz CT molecular complexity index is 758. The van der Waals surface area contributed by atoms with Gasteiger partial charge < -0.3 is 19.9 Å². The highest BCUT2D eigenvalue weighted by atomic mass is 16.5. The first-order valence-corrected chi connectivity index (χ1v) is 9.76. The van der Waals surface area contributed by atoms with Gasteiger partial charge in [-0.05, 0) is 37.5 Å². The van der Waals surface area contributed by atoms with Gasteiger partial charge in [-0.3, -0.25) is 14.4 Å². The third-order valence-electron chi connectivity index (χ3n) is 5.66. The molecular weight excluding hydrogens is 346 g/mol. The lowest BCUT2D eigenvalue weighted by molar-refractivity contribution is -0.135. The van der Waals surface area contributed by atoms with Crippen molar-refractivity contribution < 1.29 is 19.1 Å². The Balaban J connectivity index is 1.41. The summed E-state index contributed by atoms with van der Waals surface area (Å²) in [6, 6.07) is 5.11. The van der Waals surface area contributed by atoms with Crippen molar-refractivity contribution in [2.24, 2.45) is 5.92 Å². The molecule has 2 heterocycles. The molecule has 1 aromatic carbocycles. The van der Waals surface area contributed by atoms with Crippen molar-refractivity contribution in [3.05, 3.63) is 23.8 Å². The highest BCUT2D eigenvalue weighted by Gasteiger charge is 2.29. The van der Waals surface area contributed by atoms with Crippen LogP contribution in [-0.2, 0) is 9.59 Å². The fourth-order valence-corrected chi connectivity index (χ4v) is 4.17. The molecule has 1 aromatic rings. The molecule has 0 bridgehead atoms. The summed E-state index contributed by atoms with van der Waals surface area (Å²) in [7, 11) is 0. The minimum atomic E-state index is -0.220. The molecule has 2 fully saturated rings. The number of carbonyl (C=O) groups excluding carboxylic acids is 3. The van der Waals surface area contributed by atoms with Crippen molar-refractivity contribution in [3.8, 4) is 5.75 Å². The number of nitrogens with zero attached hydrogens (tertiary/aromatic N) is 2. The van der Waals surface area contributed by atoms with Gasteiger partial charge in [0.15, 0.2) is 6.61 Å². The van der Waals surface area contributed by atoms with Gasteiger partial charge in [0, 0.05) is 37.7 Å². The van der Waals surface area contributed by atoms with Gasteiger partial charge in [-0.25, -0.2) is 0 Å². The van der Waals surface area contributed by atoms with Crippen LogP contribution in [0.3, 0.4) is 0 Å². The minimum absolute atomic E-state index is 0.00270. The van der Waals surface area contributed by atoms with Crippen LogP contribution in [0.4, 0.5) is 5.69 Å². The SMILES string of the molecule is O=C1COc2ccc(C(=O)N3CCCN(C(=O)C4CCCC4)CC3)cc2N1. The van der Waals surface area contributed by atoms with Gasteiger partial charge >= 0.3 is 0 Å². The molecule has 0 atom stereocenters. The van der Waals surface area contributed by atoms with E-state index in [1.54, 1.807) is 23.1 Å². The minimum Gasteiger partial charge on any atom is -0.482 e. The smallest absolute Gasteiger partial charge is 0.262 e. The molecule has 1 saturated carbocycles. The topological polar surface area (TPSA) is 79.0 Å². The van der Waals surface area contributed by atoms with Crippen molar-refractivity contribution in [1.29, 1.82) is 0 Å². The second kappa shape index (κ2) is 7.58. The molecular formula is C20H25N3O4. The molecule has 3 amide bonds. The molecule has 4 rings (SSSR count). The number of fused-ring (bicyclic) bond motifs is 1. The highest BCUT2D eigenvalue weighted by molar-refractivity contribution is 5.99. The van der Waals surface area contributed by atoms with E-state index in [1.165, 1.54) is 0 Å². The van der Waals surface area contributed by atoms with Crippen molar-refractivity contribution in [3.63, 3.8) is 0 Å². The summed E-state index contributed by atoms with van der Waals surface area (Å²) in [5.41, 5.74) is 1.06. The molecule has 0 aromatic heterocycles. The van der Waals surface area contributed by atoms with E-state index in [4.69, 9.17) is 4.74 Å². The summed E-state index contributed by atoms with van der Waals surface area (Å²) >= 11 is 0. The summed E-state index contributed by atoms with van der Waals surface area (Å²) in [6.45, 7) is 2.47. The van der Waals surface area contributed by atoms with Crippen LogP contribution < -0.4 is 10.1 Å². The van der Waals surface area contributed by atoms with E-state index in [1.807, 2.05) is 4.90 Å². The van der Waals surface area contributed by atoms with E-state index in [0.717, 1.165) is 32.1 Å². The van der Waals surface area contributed by atoms with E-state index >= 15 is 0 Å². The molecule has 0 spiro atoms. The molecule has 7 heteroatoms. The van der Waals surface area contributed by atoms with Gasteiger partial charge in [-0.15, -0.1) is 0 Å². The lowest BCUT2D eigenvalue weighted by Crippen LogP contribution is -2.39. The molecule has 1 N–H and O–H groups in total. The third-order valence-corrected chi connectivity index (χ3v) is 5.66. The van der Waals surface area contributed by atoms with Crippen LogP contribution in [0.2, 0.25) is 0 Å². The predicted octanol–water partition coefficient (Wildman–Crippen LogP) is 1.88. The van der Waals surface area contributed by atoms with Crippen LogP contribution in [0.15, 0.2) is 18.2 Å². The molecule has 27 heavy (non-hydrogen) atoms. The van der Waals surface area contributed by atoms with Gasteiger partial charge in [0.05, 0.1) is 5.69 Å². The second-order valence-corrected chi connectivity index (χ2v) is 7.50. The number of rotatable bonds is 2. The Kier molecular flexibility index (Phi) is 5.01. The molecule has 3 aliphatic rings. The van der Waals surface area contributed by atoms with Crippen LogP contribution in [0.5, 0.6) is 5.75 Å². The largest absolute Gasteiger partial charge is 0.482 e. The quantitative estimate of drug-likeness (QED) is 0.861. The second-order valence-electron chi connectivity index (χ2n) is 7.50. The summed E-state index contributed by atoms with van der Waals surface area (Å²) in [5.74, 6) is 0.720. The van der Waals surface area contributed by atoms with Crippen LogP contribution in [-0.4, -0.2) is 60.3 Å². The number of anilines is 1. The van der Waals surface area contributed by atoms with Gasteiger partial charge in [0.1, 0.15) is 5.75 Å². The van der Waals surface area contributed by atoms with E-state index in [9.17, 15) is 14.4 Å². The maximum Gasteiger partial charge on any atom is 0.262 e. The highest BCUT2D eigenvalue weighted by Crippen LogP contribution is 2.29. The summed E-state index contributed by atoms with van der Waals surface area (Å²) in [5, 5.41) is 2.74. The molecule has 0 unspecified atom stereocenters. The fourth-order valence-electron chi connectivity index (χ4n) is 4.17. The molecule has 144 valence electrons. The molecule has 2 aliphatic heterocycles. The average molecular weight is 371 g/mol. The van der Waals surface area contributed by atoms with Crippen LogP contribution in [0.1, 0.15) is 42.5 Å². The van der Waals surface area contributed by atoms with E-state index < -0.39 is 0 Å². The van der Waals surface area contributed by atoms with Crippen LogP contribution >= 0.6 is 0 Å². The van der Waals surface area contributed by atoms with Crippen molar-refractivity contribution in [2.45, 2.75) is 32.1 Å². The number of amides is 3. The zero-order chi connectivity index (χ0) is 18.8. The number of hydrogen-bond acceptors (Lipinski definition) is 4. The number of nitrogens with one attached hydrogen (secondary N) is 1. The first kappa shape index (κ1) is 17.8. The van der Waals surface area contributed by atoms with E-state index in [0.29, 0.717) is 43.2 Å². The maximum atomic E-state index is 12.9. The Morgan fingerprint density at radius 2 is 1.74 bits per heavy atom. The fraction of sp³-hybridized carbons (Fsp3) is 0.550. The van der Waals surface area contributed by atoms with Crippen molar-refractivity contribution in [2.75, 3.05) is 38.1 Å². The standard InChI is InChI=1S/C20H25N3O4/c24-18-13-27-17-7-6-15(12-16(17)21-18)20(26)23-9-3-8-22(10-11-23)19(25)14-4-1-2-5-14/h6-7,12,14H,1-5,8-11,13H2,(H,21,24).